The monoisotopic (exact) mass is 339 g/mol. The first-order chi connectivity index (χ1) is 11.7. The van der Waals surface area contributed by atoms with Crippen LogP contribution in [0.25, 0.3) is 22.3 Å². The molecule has 1 aliphatic rings. The van der Waals surface area contributed by atoms with E-state index < -0.39 is 0 Å². The average molecular weight is 339 g/mol. The SMILES string of the molecule is CCN(C)CCn1nc2c3c(c(CN)ccc31)Sc1cccnc1-2. The van der Waals surface area contributed by atoms with Gasteiger partial charge in [-0.15, -0.1) is 0 Å². The van der Waals surface area contributed by atoms with Crippen LogP contribution in [-0.2, 0) is 13.1 Å². The summed E-state index contributed by atoms with van der Waals surface area (Å²) in [6.07, 6.45) is 1.84. The fraction of sp³-hybridized carbons (Fsp3) is 0.333. The van der Waals surface area contributed by atoms with E-state index >= 15 is 0 Å². The van der Waals surface area contributed by atoms with Crippen molar-refractivity contribution < 1.29 is 0 Å². The molecular weight excluding hydrogens is 318 g/mol. The van der Waals surface area contributed by atoms with Gasteiger partial charge in [-0.25, -0.2) is 0 Å². The highest BCUT2D eigenvalue weighted by Gasteiger charge is 2.26. The molecule has 0 radical (unpaired) electrons. The van der Waals surface area contributed by atoms with E-state index in [1.54, 1.807) is 11.8 Å². The van der Waals surface area contributed by atoms with Gasteiger partial charge in [0.05, 0.1) is 12.1 Å². The summed E-state index contributed by atoms with van der Waals surface area (Å²) in [5.41, 5.74) is 10.3. The molecular formula is C18H21N5S. The molecule has 1 aromatic carbocycles. The van der Waals surface area contributed by atoms with E-state index in [0.29, 0.717) is 6.54 Å². The maximum Gasteiger partial charge on any atom is 0.121 e. The quantitative estimate of drug-likeness (QED) is 0.606. The Labute approximate surface area is 145 Å². The molecule has 124 valence electrons. The second-order valence-corrected chi connectivity index (χ2v) is 7.12. The number of pyridine rings is 1. The zero-order valence-electron chi connectivity index (χ0n) is 14.0. The van der Waals surface area contributed by atoms with Crippen LogP contribution in [0.15, 0.2) is 40.3 Å². The van der Waals surface area contributed by atoms with Crippen LogP contribution in [0.3, 0.4) is 0 Å². The van der Waals surface area contributed by atoms with Gasteiger partial charge in [0.15, 0.2) is 0 Å². The Morgan fingerprint density at radius 3 is 2.92 bits per heavy atom. The highest BCUT2D eigenvalue weighted by Crippen LogP contribution is 2.47. The molecule has 0 amide bonds. The van der Waals surface area contributed by atoms with Crippen LogP contribution in [0.4, 0.5) is 0 Å². The minimum absolute atomic E-state index is 0.539. The van der Waals surface area contributed by atoms with Crippen LogP contribution < -0.4 is 5.73 Å². The Morgan fingerprint density at radius 1 is 1.25 bits per heavy atom. The highest BCUT2D eigenvalue weighted by atomic mass is 32.2. The molecule has 0 fully saturated rings. The number of hydrogen-bond acceptors (Lipinski definition) is 5. The number of hydrogen-bond donors (Lipinski definition) is 1. The van der Waals surface area contributed by atoms with Crippen molar-refractivity contribution in [3.63, 3.8) is 0 Å². The Bertz CT molecular complexity index is 902. The molecule has 24 heavy (non-hydrogen) atoms. The van der Waals surface area contributed by atoms with Crippen molar-refractivity contribution in [1.82, 2.24) is 19.7 Å². The van der Waals surface area contributed by atoms with Gasteiger partial charge in [0, 0.05) is 34.5 Å². The standard InChI is InChI=1S/C18H21N5S/c1-3-22(2)9-10-23-13-7-6-12(11-19)18-15(13)17(21-23)16-14(24-18)5-4-8-20-16/h4-8H,3,9-11,19H2,1-2H3. The maximum atomic E-state index is 5.97. The van der Waals surface area contributed by atoms with Gasteiger partial charge in [-0.3, -0.25) is 9.67 Å². The largest absolute Gasteiger partial charge is 0.326 e. The fourth-order valence-corrected chi connectivity index (χ4v) is 4.28. The first-order valence-electron chi connectivity index (χ1n) is 8.27. The minimum atomic E-state index is 0.539. The van der Waals surface area contributed by atoms with Gasteiger partial charge in [-0.05, 0) is 37.4 Å². The van der Waals surface area contributed by atoms with Crippen molar-refractivity contribution in [2.45, 2.75) is 29.8 Å². The summed E-state index contributed by atoms with van der Waals surface area (Å²) in [4.78, 5) is 9.27. The average Bonchev–Trinajstić information content (AvgIpc) is 3.00. The highest BCUT2D eigenvalue weighted by molar-refractivity contribution is 7.99. The second kappa shape index (κ2) is 6.20. The summed E-state index contributed by atoms with van der Waals surface area (Å²) >= 11 is 1.76. The second-order valence-electron chi connectivity index (χ2n) is 6.07. The molecule has 3 aromatic rings. The van der Waals surface area contributed by atoms with E-state index in [1.807, 2.05) is 12.3 Å². The van der Waals surface area contributed by atoms with Crippen molar-refractivity contribution >= 4 is 22.7 Å². The first kappa shape index (κ1) is 15.6. The molecule has 0 saturated heterocycles. The number of nitrogens with two attached hydrogens (primary N) is 1. The predicted molar refractivity (Wildman–Crippen MR) is 98.1 cm³/mol. The van der Waals surface area contributed by atoms with E-state index in [-0.39, 0.29) is 0 Å². The molecule has 0 bridgehead atoms. The number of fused-ring (bicyclic) bond motifs is 2. The third-order valence-electron chi connectivity index (χ3n) is 4.61. The van der Waals surface area contributed by atoms with Gasteiger partial charge in [0.25, 0.3) is 0 Å². The normalized spacial score (nSPS) is 12.8. The molecule has 1 aliphatic heterocycles. The van der Waals surface area contributed by atoms with E-state index in [0.717, 1.165) is 35.9 Å². The van der Waals surface area contributed by atoms with Crippen molar-refractivity contribution in [2.75, 3.05) is 20.1 Å². The lowest BCUT2D eigenvalue weighted by atomic mass is 10.1. The lowest BCUT2D eigenvalue weighted by molar-refractivity contribution is 0.330. The van der Waals surface area contributed by atoms with Gasteiger partial charge in [-0.1, -0.05) is 24.8 Å². The summed E-state index contributed by atoms with van der Waals surface area (Å²) in [6.45, 7) is 5.59. The molecule has 5 nitrogen and oxygen atoms in total. The molecule has 2 N–H and O–H groups in total. The van der Waals surface area contributed by atoms with Crippen molar-refractivity contribution in [2.24, 2.45) is 5.73 Å². The third kappa shape index (κ3) is 2.42. The Morgan fingerprint density at radius 2 is 2.12 bits per heavy atom. The van der Waals surface area contributed by atoms with Crippen molar-refractivity contribution in [3.05, 3.63) is 36.0 Å². The van der Waals surface area contributed by atoms with Crippen LogP contribution in [0.1, 0.15) is 12.5 Å². The number of aromatic nitrogens is 3. The van der Waals surface area contributed by atoms with Crippen molar-refractivity contribution in [1.29, 1.82) is 0 Å². The topological polar surface area (TPSA) is 60.0 Å². The lowest BCUT2D eigenvalue weighted by Crippen LogP contribution is -2.23. The predicted octanol–water partition coefficient (Wildman–Crippen LogP) is 2.97. The molecule has 4 rings (SSSR count). The van der Waals surface area contributed by atoms with Crippen LogP contribution in [0.2, 0.25) is 0 Å². The summed E-state index contributed by atoms with van der Waals surface area (Å²) in [5.74, 6) is 0. The van der Waals surface area contributed by atoms with Crippen LogP contribution in [-0.4, -0.2) is 39.8 Å². The van der Waals surface area contributed by atoms with Crippen LogP contribution in [0, 0.1) is 0 Å². The summed E-state index contributed by atoms with van der Waals surface area (Å²) in [7, 11) is 2.13. The van der Waals surface area contributed by atoms with Crippen molar-refractivity contribution in [3.8, 4) is 11.4 Å². The molecule has 0 spiro atoms. The van der Waals surface area contributed by atoms with Gasteiger partial charge in [0.1, 0.15) is 11.4 Å². The Kier molecular flexibility index (Phi) is 4.04. The zero-order valence-corrected chi connectivity index (χ0v) is 14.8. The summed E-state index contributed by atoms with van der Waals surface area (Å²) < 4.78 is 2.12. The molecule has 0 atom stereocenters. The molecule has 0 aliphatic carbocycles. The molecule has 0 unspecified atom stereocenters. The molecule has 2 aromatic heterocycles. The lowest BCUT2D eigenvalue weighted by Gasteiger charge is -2.16. The van der Waals surface area contributed by atoms with Gasteiger partial charge in [-0.2, -0.15) is 5.10 Å². The smallest absolute Gasteiger partial charge is 0.121 e. The number of nitrogens with zero attached hydrogens (tertiary/aromatic N) is 4. The van der Waals surface area contributed by atoms with E-state index in [9.17, 15) is 0 Å². The van der Waals surface area contributed by atoms with Crippen LogP contribution in [0.5, 0.6) is 0 Å². The minimum Gasteiger partial charge on any atom is -0.326 e. The maximum absolute atomic E-state index is 5.97. The van der Waals surface area contributed by atoms with Gasteiger partial charge >= 0.3 is 0 Å². The molecule has 6 heteroatoms. The van der Waals surface area contributed by atoms with Gasteiger partial charge in [0.2, 0.25) is 0 Å². The number of likely N-dealkylation sites (N-methyl/N-ethyl adjacent to an activating group) is 1. The van der Waals surface area contributed by atoms with Crippen LogP contribution >= 0.6 is 11.8 Å². The summed E-state index contributed by atoms with van der Waals surface area (Å²) in [5, 5.41) is 6.12. The van der Waals surface area contributed by atoms with Gasteiger partial charge < -0.3 is 10.6 Å². The number of rotatable bonds is 5. The molecule has 3 heterocycles. The summed E-state index contributed by atoms with van der Waals surface area (Å²) in [6, 6.07) is 8.38. The van der Waals surface area contributed by atoms with E-state index in [4.69, 9.17) is 10.8 Å². The fourth-order valence-electron chi connectivity index (χ4n) is 3.08. The van der Waals surface area contributed by atoms with E-state index in [2.05, 4.69) is 46.7 Å². The first-order valence-corrected chi connectivity index (χ1v) is 9.08. The zero-order chi connectivity index (χ0) is 16.7. The Balaban J connectivity index is 1.90. The molecule has 0 saturated carbocycles. The third-order valence-corrected chi connectivity index (χ3v) is 5.83. The number of benzene rings is 1. The Hall–Kier alpha value is -1.89. The van der Waals surface area contributed by atoms with E-state index in [1.165, 1.54) is 21.4 Å².